The van der Waals surface area contributed by atoms with Crippen LogP contribution in [0.3, 0.4) is 0 Å². The van der Waals surface area contributed by atoms with Crippen LogP contribution in [0.5, 0.6) is 0 Å². The fraction of sp³-hybridized carbons (Fsp3) is 0.957. The maximum absolute atomic E-state index is 11.9. The van der Waals surface area contributed by atoms with Gasteiger partial charge in [0.25, 0.3) is 0 Å². The third-order valence-electron chi connectivity index (χ3n) is 7.07. The molecule has 3 aliphatic rings. The topological polar surface area (TPSA) is 272 Å². The monoisotopic (exact) mass is 586 g/mol. The second-order valence-electron chi connectivity index (χ2n) is 10.0. The summed E-state index contributed by atoms with van der Waals surface area (Å²) in [4.78, 5) is 11.9. The molecule has 0 saturated carbocycles. The highest BCUT2D eigenvalue weighted by Crippen LogP contribution is 2.33. The lowest BCUT2D eigenvalue weighted by atomic mass is 9.95. The Bertz CT molecular complexity index is 797. The van der Waals surface area contributed by atoms with Gasteiger partial charge in [-0.3, -0.25) is 4.79 Å². The molecule has 0 bridgehead atoms. The highest BCUT2D eigenvalue weighted by atomic mass is 16.8. The minimum absolute atomic E-state index is 0.0414. The van der Waals surface area contributed by atoms with Crippen molar-refractivity contribution in [2.75, 3.05) is 26.4 Å². The fourth-order valence-corrected chi connectivity index (χ4v) is 4.78. The Balaban J connectivity index is 1.95. The molecule has 9 unspecified atom stereocenters. The van der Waals surface area contributed by atoms with Crippen LogP contribution >= 0.6 is 0 Å². The van der Waals surface area contributed by atoms with Gasteiger partial charge >= 0.3 is 0 Å². The Kier molecular flexibility index (Phi) is 12.4. The number of ether oxygens (including phenoxy) is 6. The summed E-state index contributed by atoms with van der Waals surface area (Å²) in [7, 11) is 0. The lowest BCUT2D eigenvalue weighted by Gasteiger charge is -2.49. The SMILES string of the molecule is CC(=O)NC1C(O)[C@@H](O)C(CO)O[C@@H]1OC1C(O[C@@H]2OC(C)[C@@H](O)C(O)C2O)[C@H](OCCCN)OC(CO)[C@@H]1O. The number of nitrogens with two attached hydrogens (primary N) is 1. The van der Waals surface area contributed by atoms with Gasteiger partial charge in [0.15, 0.2) is 18.9 Å². The van der Waals surface area contributed by atoms with Crippen molar-refractivity contribution in [1.82, 2.24) is 5.32 Å². The van der Waals surface area contributed by atoms with Crippen molar-refractivity contribution in [2.45, 2.75) is 112 Å². The molecule has 0 aromatic rings. The number of aliphatic hydroxyl groups is 8. The van der Waals surface area contributed by atoms with E-state index in [0.717, 1.165) is 6.92 Å². The fourth-order valence-electron chi connectivity index (χ4n) is 4.78. The number of carbonyl (C=O) groups excluding carboxylic acids is 1. The molecule has 0 aliphatic carbocycles. The van der Waals surface area contributed by atoms with Gasteiger partial charge in [-0.1, -0.05) is 0 Å². The molecule has 3 rings (SSSR count). The molecule has 1 amide bonds. The smallest absolute Gasteiger partial charge is 0.217 e. The molecular weight excluding hydrogens is 544 g/mol. The molecule has 3 saturated heterocycles. The Morgan fingerprint density at radius 1 is 0.775 bits per heavy atom. The van der Waals surface area contributed by atoms with E-state index in [1.54, 1.807) is 0 Å². The second-order valence-corrected chi connectivity index (χ2v) is 10.0. The maximum atomic E-state index is 11.9. The summed E-state index contributed by atoms with van der Waals surface area (Å²) in [6.07, 6.45) is -20.5. The quantitative estimate of drug-likeness (QED) is 0.101. The molecule has 17 nitrogen and oxygen atoms in total. The van der Waals surface area contributed by atoms with Crippen LogP contribution in [0.15, 0.2) is 0 Å². The van der Waals surface area contributed by atoms with Crippen LogP contribution < -0.4 is 11.1 Å². The molecule has 0 radical (unpaired) electrons. The van der Waals surface area contributed by atoms with Gasteiger partial charge in [0.05, 0.1) is 25.9 Å². The van der Waals surface area contributed by atoms with Crippen LogP contribution in [0.1, 0.15) is 20.3 Å². The van der Waals surface area contributed by atoms with Crippen molar-refractivity contribution in [3.8, 4) is 0 Å². The Morgan fingerprint density at radius 2 is 1.38 bits per heavy atom. The van der Waals surface area contributed by atoms with Gasteiger partial charge in [0.1, 0.15) is 67.1 Å². The average Bonchev–Trinajstić information content (AvgIpc) is 2.92. The Labute approximate surface area is 230 Å². The van der Waals surface area contributed by atoms with E-state index in [1.165, 1.54) is 6.92 Å². The van der Waals surface area contributed by atoms with Gasteiger partial charge in [0, 0.05) is 6.92 Å². The molecule has 0 aromatic carbocycles. The third-order valence-corrected chi connectivity index (χ3v) is 7.07. The van der Waals surface area contributed by atoms with E-state index in [1.807, 2.05) is 0 Å². The highest BCUT2D eigenvalue weighted by Gasteiger charge is 2.54. The standard InChI is InChI=1S/C23H42N2O15/c1-8-13(29)17(33)18(34)22(36-8)40-20-19(15(31)11(7-27)38-23(20)35-5-3-4-24)39-21-12(25-9(2)28)16(32)14(30)10(6-26)37-21/h8,10-23,26-27,29-34H,3-7,24H2,1-2H3,(H,25,28)/t8?,10?,11?,12?,13-,14+,15+,16?,17?,18?,19?,20?,21-,22+,23-/m1/s1. The van der Waals surface area contributed by atoms with Crippen LogP contribution in [0.25, 0.3) is 0 Å². The third kappa shape index (κ3) is 7.44. The highest BCUT2D eigenvalue weighted by molar-refractivity contribution is 5.73. The van der Waals surface area contributed by atoms with Crippen LogP contribution in [-0.4, -0.2) is 165 Å². The first-order valence-corrected chi connectivity index (χ1v) is 13.1. The van der Waals surface area contributed by atoms with E-state index in [9.17, 15) is 45.6 Å². The van der Waals surface area contributed by atoms with E-state index < -0.39 is 111 Å². The molecule has 40 heavy (non-hydrogen) atoms. The number of nitrogens with one attached hydrogen (secondary N) is 1. The van der Waals surface area contributed by atoms with Crippen molar-refractivity contribution in [3.05, 3.63) is 0 Å². The molecule has 15 atom stereocenters. The van der Waals surface area contributed by atoms with E-state index in [-0.39, 0.29) is 13.2 Å². The Hall–Kier alpha value is -1.13. The zero-order valence-corrected chi connectivity index (χ0v) is 22.2. The summed E-state index contributed by atoms with van der Waals surface area (Å²) < 4.78 is 34.5. The predicted octanol–water partition coefficient (Wildman–Crippen LogP) is -6.03. The molecule has 3 heterocycles. The zero-order valence-electron chi connectivity index (χ0n) is 22.2. The van der Waals surface area contributed by atoms with Crippen LogP contribution in [0, 0.1) is 0 Å². The molecule has 3 fully saturated rings. The summed E-state index contributed by atoms with van der Waals surface area (Å²) in [5.74, 6) is -0.618. The van der Waals surface area contributed by atoms with Crippen molar-refractivity contribution >= 4 is 5.91 Å². The van der Waals surface area contributed by atoms with Gasteiger partial charge in [-0.2, -0.15) is 0 Å². The van der Waals surface area contributed by atoms with Gasteiger partial charge in [0.2, 0.25) is 5.91 Å². The number of carbonyl (C=O) groups is 1. The van der Waals surface area contributed by atoms with Crippen molar-refractivity contribution in [2.24, 2.45) is 5.73 Å². The predicted molar refractivity (Wildman–Crippen MR) is 129 cm³/mol. The number of hydrogen-bond donors (Lipinski definition) is 10. The molecular formula is C23H42N2O15. The second kappa shape index (κ2) is 14.9. The first kappa shape index (κ1) is 33.4. The van der Waals surface area contributed by atoms with Gasteiger partial charge in [-0.25, -0.2) is 0 Å². The molecule has 11 N–H and O–H groups in total. The van der Waals surface area contributed by atoms with Crippen molar-refractivity contribution in [1.29, 1.82) is 0 Å². The summed E-state index contributed by atoms with van der Waals surface area (Å²) in [6.45, 7) is 1.45. The first-order chi connectivity index (χ1) is 18.9. The molecule has 17 heteroatoms. The number of hydrogen-bond acceptors (Lipinski definition) is 16. The van der Waals surface area contributed by atoms with Crippen molar-refractivity contribution in [3.63, 3.8) is 0 Å². The molecule has 3 aliphatic heterocycles. The largest absolute Gasteiger partial charge is 0.394 e. The minimum Gasteiger partial charge on any atom is -0.394 e. The van der Waals surface area contributed by atoms with Crippen molar-refractivity contribution < 1.29 is 74.1 Å². The maximum Gasteiger partial charge on any atom is 0.217 e. The molecule has 234 valence electrons. The van der Waals surface area contributed by atoms with E-state index in [0.29, 0.717) is 6.42 Å². The minimum atomic E-state index is -1.75. The van der Waals surface area contributed by atoms with Gasteiger partial charge in [-0.15, -0.1) is 0 Å². The molecule has 0 aromatic heterocycles. The summed E-state index contributed by atoms with van der Waals surface area (Å²) >= 11 is 0. The lowest BCUT2D eigenvalue weighted by Crippen LogP contribution is -2.68. The normalized spacial score (nSPS) is 46.2. The van der Waals surface area contributed by atoms with Crippen LogP contribution in [0.2, 0.25) is 0 Å². The van der Waals surface area contributed by atoms with E-state index in [2.05, 4.69) is 5.32 Å². The average molecular weight is 587 g/mol. The summed E-state index contributed by atoms with van der Waals surface area (Å²) in [5, 5.41) is 84.9. The molecule has 0 spiro atoms. The first-order valence-electron chi connectivity index (χ1n) is 13.1. The van der Waals surface area contributed by atoms with Gasteiger partial charge in [-0.05, 0) is 19.9 Å². The summed E-state index contributed by atoms with van der Waals surface area (Å²) in [6, 6.07) is -1.39. The lowest BCUT2D eigenvalue weighted by molar-refractivity contribution is -0.385. The number of aliphatic hydroxyl groups excluding tert-OH is 8. The van der Waals surface area contributed by atoms with E-state index in [4.69, 9.17) is 34.2 Å². The van der Waals surface area contributed by atoms with Crippen LogP contribution in [-0.2, 0) is 33.2 Å². The number of amides is 1. The van der Waals surface area contributed by atoms with Crippen LogP contribution in [0.4, 0.5) is 0 Å². The van der Waals surface area contributed by atoms with Gasteiger partial charge < -0.3 is 80.3 Å². The Morgan fingerprint density at radius 3 is 1.98 bits per heavy atom. The zero-order chi connectivity index (χ0) is 29.7. The summed E-state index contributed by atoms with van der Waals surface area (Å²) in [5.41, 5.74) is 5.54. The number of rotatable bonds is 11. The van der Waals surface area contributed by atoms with E-state index >= 15 is 0 Å².